The van der Waals surface area contributed by atoms with Crippen molar-refractivity contribution >= 4 is 39.2 Å². The van der Waals surface area contributed by atoms with E-state index in [2.05, 4.69) is 0 Å². The molecule has 5 nitrogen and oxygen atoms in total. The van der Waals surface area contributed by atoms with Gasteiger partial charge in [-0.15, -0.1) is 11.3 Å². The molecule has 1 atom stereocenters. The van der Waals surface area contributed by atoms with Gasteiger partial charge in [0.2, 0.25) is 5.91 Å². The highest BCUT2D eigenvalue weighted by atomic mass is 32.2. The third-order valence-corrected chi connectivity index (χ3v) is 6.54. The molecule has 0 radical (unpaired) electrons. The Balaban J connectivity index is 2.04. The summed E-state index contributed by atoms with van der Waals surface area (Å²) in [5.74, 6) is 0.0230. The van der Waals surface area contributed by atoms with Crippen molar-refractivity contribution in [2.45, 2.75) is 43.0 Å². The second-order valence-corrected chi connectivity index (χ2v) is 8.53. The molecule has 0 bridgehead atoms. The first kappa shape index (κ1) is 16.5. The topological polar surface area (TPSA) is 55.2 Å². The van der Waals surface area contributed by atoms with Crippen LogP contribution in [0.4, 0.5) is 0 Å². The average molecular weight is 351 g/mol. The minimum atomic E-state index is -0.268. The SMILES string of the molecule is C[C@H](Sc1nc2sc3c(c2c(=O)n1C)CCCC3)C(=O)N(C)C. The highest BCUT2D eigenvalue weighted by molar-refractivity contribution is 8.00. The van der Waals surface area contributed by atoms with Gasteiger partial charge in [-0.3, -0.25) is 14.2 Å². The maximum absolute atomic E-state index is 12.8. The summed E-state index contributed by atoms with van der Waals surface area (Å²) in [7, 11) is 5.22. The van der Waals surface area contributed by atoms with Gasteiger partial charge in [0.15, 0.2) is 5.16 Å². The lowest BCUT2D eigenvalue weighted by Gasteiger charge is -2.17. The standard InChI is InChI=1S/C16H21N3O2S2/c1-9(14(20)18(2)3)22-16-17-13-12(15(21)19(16)4)10-7-5-6-8-11(10)23-13/h9H,5-8H2,1-4H3/t9-/m0/s1. The van der Waals surface area contributed by atoms with E-state index in [1.54, 1.807) is 41.9 Å². The molecule has 0 spiro atoms. The van der Waals surface area contributed by atoms with Crippen LogP contribution in [0.1, 0.15) is 30.2 Å². The van der Waals surface area contributed by atoms with Crippen LogP contribution in [-0.4, -0.2) is 39.7 Å². The molecule has 0 aliphatic heterocycles. The molecule has 2 aromatic heterocycles. The molecule has 2 heterocycles. The molecule has 0 aromatic carbocycles. The van der Waals surface area contributed by atoms with E-state index in [-0.39, 0.29) is 16.7 Å². The number of carbonyl (C=O) groups is 1. The fourth-order valence-electron chi connectivity index (χ4n) is 2.94. The molecular formula is C16H21N3O2S2. The van der Waals surface area contributed by atoms with Crippen LogP contribution in [0, 0.1) is 0 Å². The molecule has 0 unspecified atom stereocenters. The van der Waals surface area contributed by atoms with Crippen molar-refractivity contribution in [3.8, 4) is 0 Å². The Labute approximate surface area is 143 Å². The summed E-state index contributed by atoms with van der Waals surface area (Å²) in [6.45, 7) is 1.85. The van der Waals surface area contributed by atoms with Crippen LogP contribution >= 0.6 is 23.1 Å². The van der Waals surface area contributed by atoms with E-state index in [0.717, 1.165) is 29.5 Å². The number of aromatic nitrogens is 2. The number of hydrogen-bond acceptors (Lipinski definition) is 5. The smallest absolute Gasteiger partial charge is 0.262 e. The number of rotatable bonds is 3. The van der Waals surface area contributed by atoms with Crippen molar-refractivity contribution in [2.24, 2.45) is 7.05 Å². The number of thiophene rings is 1. The lowest BCUT2D eigenvalue weighted by Crippen LogP contribution is -2.30. The van der Waals surface area contributed by atoms with Gasteiger partial charge in [-0.25, -0.2) is 4.98 Å². The Bertz CT molecular complexity index is 823. The average Bonchev–Trinajstić information content (AvgIpc) is 2.89. The molecule has 3 rings (SSSR count). The lowest BCUT2D eigenvalue weighted by molar-refractivity contribution is -0.127. The third kappa shape index (κ3) is 2.92. The number of hydrogen-bond donors (Lipinski definition) is 0. The van der Waals surface area contributed by atoms with E-state index in [1.165, 1.54) is 28.6 Å². The van der Waals surface area contributed by atoms with Crippen molar-refractivity contribution in [3.63, 3.8) is 0 Å². The molecule has 0 fully saturated rings. The highest BCUT2D eigenvalue weighted by Gasteiger charge is 2.23. The summed E-state index contributed by atoms with van der Waals surface area (Å²) in [4.78, 5) is 33.3. The van der Waals surface area contributed by atoms with Crippen LogP contribution in [-0.2, 0) is 24.7 Å². The van der Waals surface area contributed by atoms with Gasteiger partial charge in [0.05, 0.1) is 10.6 Å². The van der Waals surface area contributed by atoms with E-state index < -0.39 is 0 Å². The van der Waals surface area contributed by atoms with Crippen LogP contribution in [0.3, 0.4) is 0 Å². The maximum Gasteiger partial charge on any atom is 0.262 e. The monoisotopic (exact) mass is 351 g/mol. The van der Waals surface area contributed by atoms with Gasteiger partial charge in [0, 0.05) is 26.0 Å². The van der Waals surface area contributed by atoms with Crippen molar-refractivity contribution < 1.29 is 4.79 Å². The van der Waals surface area contributed by atoms with Gasteiger partial charge in [-0.1, -0.05) is 11.8 Å². The molecule has 23 heavy (non-hydrogen) atoms. The zero-order valence-electron chi connectivity index (χ0n) is 13.9. The first-order chi connectivity index (χ1) is 10.9. The van der Waals surface area contributed by atoms with E-state index in [1.807, 2.05) is 6.92 Å². The normalized spacial score (nSPS) is 15.5. The van der Waals surface area contributed by atoms with Gasteiger partial charge < -0.3 is 4.90 Å². The third-order valence-electron chi connectivity index (χ3n) is 4.23. The maximum atomic E-state index is 12.8. The first-order valence-corrected chi connectivity index (χ1v) is 9.49. The Hall–Kier alpha value is -1.34. The predicted octanol–water partition coefficient (Wildman–Crippen LogP) is 2.44. The molecular weight excluding hydrogens is 330 g/mol. The van der Waals surface area contributed by atoms with E-state index in [9.17, 15) is 9.59 Å². The van der Waals surface area contributed by atoms with Gasteiger partial charge in [-0.05, 0) is 38.2 Å². The molecule has 2 aromatic rings. The summed E-state index contributed by atoms with van der Waals surface area (Å²) >= 11 is 2.99. The van der Waals surface area contributed by atoms with Crippen molar-refractivity contribution in [3.05, 3.63) is 20.8 Å². The van der Waals surface area contributed by atoms with Crippen LogP contribution in [0.15, 0.2) is 9.95 Å². The first-order valence-electron chi connectivity index (χ1n) is 7.79. The predicted molar refractivity (Wildman–Crippen MR) is 95.5 cm³/mol. The van der Waals surface area contributed by atoms with Gasteiger partial charge >= 0.3 is 0 Å². The molecule has 1 amide bonds. The second-order valence-electron chi connectivity index (χ2n) is 6.14. The minimum Gasteiger partial charge on any atom is -0.348 e. The minimum absolute atomic E-state index is 0.0152. The van der Waals surface area contributed by atoms with E-state index >= 15 is 0 Å². The van der Waals surface area contributed by atoms with Crippen LogP contribution in [0.2, 0.25) is 0 Å². The van der Waals surface area contributed by atoms with E-state index in [0.29, 0.717) is 5.16 Å². The number of nitrogens with zero attached hydrogens (tertiary/aromatic N) is 3. The van der Waals surface area contributed by atoms with E-state index in [4.69, 9.17) is 4.98 Å². The molecule has 0 saturated heterocycles. The zero-order chi connectivity index (χ0) is 16.7. The summed E-state index contributed by atoms with van der Waals surface area (Å²) in [6.07, 6.45) is 4.37. The van der Waals surface area contributed by atoms with Crippen LogP contribution < -0.4 is 5.56 Å². The second kappa shape index (κ2) is 6.28. The fraction of sp³-hybridized carbons (Fsp3) is 0.562. The Morgan fingerprint density at radius 1 is 1.35 bits per heavy atom. The number of aryl methyl sites for hydroxylation is 2. The number of amides is 1. The summed E-state index contributed by atoms with van der Waals surface area (Å²) in [5, 5.41) is 1.14. The summed E-state index contributed by atoms with van der Waals surface area (Å²) in [5.41, 5.74) is 1.22. The molecule has 7 heteroatoms. The van der Waals surface area contributed by atoms with Crippen molar-refractivity contribution in [1.29, 1.82) is 0 Å². The Morgan fingerprint density at radius 3 is 2.74 bits per heavy atom. The number of carbonyl (C=O) groups excluding carboxylic acids is 1. The fourth-order valence-corrected chi connectivity index (χ4v) is 5.27. The summed E-state index contributed by atoms with van der Waals surface area (Å²) < 4.78 is 1.59. The molecule has 0 N–H and O–H groups in total. The van der Waals surface area contributed by atoms with Crippen molar-refractivity contribution in [2.75, 3.05) is 14.1 Å². The largest absolute Gasteiger partial charge is 0.348 e. The highest BCUT2D eigenvalue weighted by Crippen LogP contribution is 2.35. The number of thioether (sulfide) groups is 1. The molecule has 124 valence electrons. The molecule has 0 saturated carbocycles. The molecule has 1 aliphatic carbocycles. The summed E-state index contributed by atoms with van der Waals surface area (Å²) in [6, 6.07) is 0. The lowest BCUT2D eigenvalue weighted by atomic mass is 9.97. The van der Waals surface area contributed by atoms with Gasteiger partial charge in [0.1, 0.15) is 4.83 Å². The Kier molecular flexibility index (Phi) is 4.51. The van der Waals surface area contributed by atoms with Gasteiger partial charge in [-0.2, -0.15) is 0 Å². The quantitative estimate of drug-likeness (QED) is 0.630. The zero-order valence-corrected chi connectivity index (χ0v) is 15.5. The Morgan fingerprint density at radius 2 is 2.04 bits per heavy atom. The van der Waals surface area contributed by atoms with Crippen molar-refractivity contribution in [1.82, 2.24) is 14.5 Å². The number of fused-ring (bicyclic) bond motifs is 3. The van der Waals surface area contributed by atoms with Crippen LogP contribution in [0.25, 0.3) is 10.2 Å². The van der Waals surface area contributed by atoms with Gasteiger partial charge in [0.25, 0.3) is 5.56 Å². The van der Waals surface area contributed by atoms with Crippen LogP contribution in [0.5, 0.6) is 0 Å². The molecule has 1 aliphatic rings.